The highest BCUT2D eigenvalue weighted by molar-refractivity contribution is 7.14. The molecule has 144 valence electrons. The van der Waals surface area contributed by atoms with E-state index >= 15 is 0 Å². The normalized spacial score (nSPS) is 16.5. The van der Waals surface area contributed by atoms with E-state index in [0.717, 1.165) is 17.8 Å². The summed E-state index contributed by atoms with van der Waals surface area (Å²) in [5.74, 6) is 0.803. The van der Waals surface area contributed by atoms with Gasteiger partial charge in [0.2, 0.25) is 5.91 Å². The Kier molecular flexibility index (Phi) is 6.18. The maximum absolute atomic E-state index is 12.7. The van der Waals surface area contributed by atoms with Crippen molar-refractivity contribution in [3.8, 4) is 11.5 Å². The molecule has 1 unspecified atom stereocenters. The molecule has 0 saturated carbocycles. The predicted octanol–water partition coefficient (Wildman–Crippen LogP) is 3.65. The van der Waals surface area contributed by atoms with E-state index in [0.29, 0.717) is 30.3 Å². The third-order valence-corrected chi connectivity index (χ3v) is 5.27. The van der Waals surface area contributed by atoms with Crippen molar-refractivity contribution >= 4 is 34.0 Å². The maximum Gasteiger partial charge on any atom is 0.322 e. The van der Waals surface area contributed by atoms with Crippen LogP contribution in [0.3, 0.4) is 0 Å². The van der Waals surface area contributed by atoms with Crippen molar-refractivity contribution in [3.63, 3.8) is 0 Å². The van der Waals surface area contributed by atoms with E-state index in [2.05, 4.69) is 10.6 Å². The van der Waals surface area contributed by atoms with Crippen LogP contribution in [-0.2, 0) is 4.79 Å². The van der Waals surface area contributed by atoms with Crippen molar-refractivity contribution in [3.05, 3.63) is 35.7 Å². The van der Waals surface area contributed by atoms with Crippen molar-refractivity contribution in [2.24, 2.45) is 5.92 Å². The molecule has 2 heterocycles. The first-order chi connectivity index (χ1) is 13.1. The average Bonchev–Trinajstić information content (AvgIpc) is 3.21. The minimum Gasteiger partial charge on any atom is -0.493 e. The topological polar surface area (TPSA) is 79.9 Å². The average molecular weight is 389 g/mol. The number of nitrogens with zero attached hydrogens (tertiary/aromatic N) is 1. The summed E-state index contributed by atoms with van der Waals surface area (Å²) < 4.78 is 10.5. The van der Waals surface area contributed by atoms with Crippen molar-refractivity contribution in [1.82, 2.24) is 4.90 Å². The number of methoxy groups -OCH3 is 2. The van der Waals surface area contributed by atoms with Gasteiger partial charge in [0.1, 0.15) is 0 Å². The molecule has 1 aliphatic heterocycles. The summed E-state index contributed by atoms with van der Waals surface area (Å²) in [6.07, 6.45) is 1.55. The van der Waals surface area contributed by atoms with Crippen LogP contribution in [0.5, 0.6) is 11.5 Å². The fourth-order valence-corrected chi connectivity index (χ4v) is 3.68. The number of anilines is 2. The van der Waals surface area contributed by atoms with Gasteiger partial charge in [0.15, 0.2) is 11.5 Å². The van der Waals surface area contributed by atoms with Gasteiger partial charge in [-0.1, -0.05) is 0 Å². The van der Waals surface area contributed by atoms with Gasteiger partial charge >= 0.3 is 6.03 Å². The lowest BCUT2D eigenvalue weighted by atomic mass is 9.97. The van der Waals surface area contributed by atoms with E-state index in [4.69, 9.17) is 9.47 Å². The molecule has 1 aromatic heterocycles. The van der Waals surface area contributed by atoms with Crippen LogP contribution in [0.1, 0.15) is 12.8 Å². The molecule has 27 heavy (non-hydrogen) atoms. The third-order valence-electron chi connectivity index (χ3n) is 4.48. The van der Waals surface area contributed by atoms with E-state index in [9.17, 15) is 9.59 Å². The molecule has 0 spiro atoms. The molecular formula is C19H23N3O4S. The number of benzene rings is 1. The molecule has 3 amide bonds. The van der Waals surface area contributed by atoms with Gasteiger partial charge in [-0.25, -0.2) is 4.79 Å². The molecule has 1 fully saturated rings. The molecule has 8 heteroatoms. The SMILES string of the molecule is COc1ccc(NC(=O)C2CCCN(C(=O)Nc3cccs3)C2)cc1OC. The van der Waals surface area contributed by atoms with Gasteiger partial charge in [-0.05, 0) is 42.5 Å². The van der Waals surface area contributed by atoms with Crippen LogP contribution >= 0.6 is 11.3 Å². The van der Waals surface area contributed by atoms with Gasteiger partial charge in [-0.15, -0.1) is 11.3 Å². The van der Waals surface area contributed by atoms with Crippen LogP contribution in [0, 0.1) is 5.92 Å². The first kappa shape index (κ1) is 19.0. The Bertz CT molecular complexity index is 794. The number of piperidine rings is 1. The number of thiophene rings is 1. The van der Waals surface area contributed by atoms with E-state index in [1.807, 2.05) is 17.5 Å². The lowest BCUT2D eigenvalue weighted by Crippen LogP contribution is -2.45. The summed E-state index contributed by atoms with van der Waals surface area (Å²) in [5.41, 5.74) is 0.637. The first-order valence-corrected chi connectivity index (χ1v) is 9.61. The Morgan fingerprint density at radius 2 is 1.96 bits per heavy atom. The Hall–Kier alpha value is -2.74. The summed E-state index contributed by atoms with van der Waals surface area (Å²) in [7, 11) is 3.11. The number of rotatable bonds is 5. The second kappa shape index (κ2) is 8.77. The molecule has 1 atom stereocenters. The zero-order valence-corrected chi connectivity index (χ0v) is 16.2. The molecule has 7 nitrogen and oxygen atoms in total. The summed E-state index contributed by atoms with van der Waals surface area (Å²) >= 11 is 1.47. The van der Waals surface area contributed by atoms with Crippen molar-refractivity contribution < 1.29 is 19.1 Å². The standard InChI is InChI=1S/C19H23N3O4S/c1-25-15-8-7-14(11-16(15)26-2)20-18(23)13-5-3-9-22(12-13)19(24)21-17-6-4-10-27-17/h4,6-8,10-11,13H,3,5,9,12H2,1-2H3,(H,20,23)(H,21,24). The first-order valence-electron chi connectivity index (χ1n) is 8.73. The van der Waals surface area contributed by atoms with Crippen LogP contribution in [-0.4, -0.2) is 44.1 Å². The van der Waals surface area contributed by atoms with Gasteiger partial charge in [-0.3, -0.25) is 10.1 Å². The summed E-state index contributed by atoms with van der Waals surface area (Å²) in [4.78, 5) is 26.8. The second-order valence-electron chi connectivity index (χ2n) is 6.25. The summed E-state index contributed by atoms with van der Waals surface area (Å²) in [5, 5.41) is 8.49. The van der Waals surface area contributed by atoms with Gasteiger partial charge in [-0.2, -0.15) is 0 Å². The lowest BCUT2D eigenvalue weighted by molar-refractivity contribution is -0.121. The van der Waals surface area contributed by atoms with E-state index in [1.54, 1.807) is 37.3 Å². The monoisotopic (exact) mass is 389 g/mol. The number of ether oxygens (including phenoxy) is 2. The number of urea groups is 1. The Balaban J connectivity index is 1.60. The zero-order valence-electron chi connectivity index (χ0n) is 15.4. The number of nitrogens with one attached hydrogen (secondary N) is 2. The molecule has 1 saturated heterocycles. The summed E-state index contributed by atoms with van der Waals surface area (Å²) in [6.45, 7) is 1.05. The van der Waals surface area contributed by atoms with Gasteiger partial charge in [0.25, 0.3) is 0 Å². The van der Waals surface area contributed by atoms with Crippen LogP contribution in [0.4, 0.5) is 15.5 Å². The molecule has 1 aromatic carbocycles. The van der Waals surface area contributed by atoms with Gasteiger partial charge in [0, 0.05) is 24.8 Å². The highest BCUT2D eigenvalue weighted by Gasteiger charge is 2.28. The molecule has 1 aliphatic rings. The smallest absolute Gasteiger partial charge is 0.322 e. The van der Waals surface area contributed by atoms with Crippen LogP contribution in [0.2, 0.25) is 0 Å². The Morgan fingerprint density at radius 3 is 2.67 bits per heavy atom. The molecular weight excluding hydrogens is 366 g/mol. The molecule has 0 bridgehead atoms. The fraction of sp³-hybridized carbons (Fsp3) is 0.368. The lowest BCUT2D eigenvalue weighted by Gasteiger charge is -2.32. The van der Waals surface area contributed by atoms with E-state index in [1.165, 1.54) is 11.3 Å². The van der Waals surface area contributed by atoms with E-state index in [-0.39, 0.29) is 17.9 Å². The third kappa shape index (κ3) is 4.71. The molecule has 0 radical (unpaired) electrons. The quantitative estimate of drug-likeness (QED) is 0.818. The number of amides is 3. The van der Waals surface area contributed by atoms with Crippen molar-refractivity contribution in [2.75, 3.05) is 37.9 Å². The number of hydrogen-bond donors (Lipinski definition) is 2. The maximum atomic E-state index is 12.7. The Labute approximate surface area is 162 Å². The molecule has 0 aliphatic carbocycles. The van der Waals surface area contributed by atoms with Gasteiger partial charge < -0.3 is 19.7 Å². The molecule has 3 rings (SSSR count). The zero-order chi connectivity index (χ0) is 19.2. The van der Waals surface area contributed by atoms with Crippen LogP contribution in [0.25, 0.3) is 0 Å². The predicted molar refractivity (Wildman–Crippen MR) is 106 cm³/mol. The molecule has 2 aromatic rings. The van der Waals surface area contributed by atoms with E-state index < -0.39 is 0 Å². The second-order valence-corrected chi connectivity index (χ2v) is 7.20. The van der Waals surface area contributed by atoms with Crippen LogP contribution in [0.15, 0.2) is 35.7 Å². The van der Waals surface area contributed by atoms with Crippen molar-refractivity contribution in [1.29, 1.82) is 0 Å². The Morgan fingerprint density at radius 1 is 1.15 bits per heavy atom. The molecule has 2 N–H and O–H groups in total. The fourth-order valence-electron chi connectivity index (χ4n) is 3.07. The van der Waals surface area contributed by atoms with Crippen molar-refractivity contribution in [2.45, 2.75) is 12.8 Å². The highest BCUT2D eigenvalue weighted by atomic mass is 32.1. The number of carbonyl (C=O) groups excluding carboxylic acids is 2. The number of carbonyl (C=O) groups is 2. The number of likely N-dealkylation sites (tertiary alicyclic amines) is 1. The van der Waals surface area contributed by atoms with Gasteiger partial charge in [0.05, 0.1) is 25.1 Å². The largest absolute Gasteiger partial charge is 0.493 e. The minimum atomic E-state index is -0.249. The highest BCUT2D eigenvalue weighted by Crippen LogP contribution is 2.30. The number of hydrogen-bond acceptors (Lipinski definition) is 5. The minimum absolute atomic E-state index is 0.101. The van der Waals surface area contributed by atoms with Crippen LogP contribution < -0.4 is 20.1 Å². The summed E-state index contributed by atoms with van der Waals surface area (Å²) in [6, 6.07) is 8.81.